The highest BCUT2D eigenvalue weighted by atomic mass is 16.4. The second-order valence-corrected chi connectivity index (χ2v) is 5.89. The molecule has 2 N–H and O–H groups in total. The second-order valence-electron chi connectivity index (χ2n) is 5.89. The Balaban J connectivity index is 1.92. The Labute approximate surface area is 143 Å². The molecule has 0 unspecified atom stereocenters. The average molecular weight is 342 g/mol. The Morgan fingerprint density at radius 2 is 1.88 bits per heavy atom. The molecule has 0 aliphatic carbocycles. The SMILES string of the molecule is Cc1cc2nc(C(=O)Nc3c(C)nn(CC(=O)O)c3C)cc(C)n2n1. The van der Waals surface area contributed by atoms with Gasteiger partial charge < -0.3 is 10.4 Å². The molecular formula is C16H18N6O3. The molecule has 0 aliphatic rings. The quantitative estimate of drug-likeness (QED) is 0.742. The van der Waals surface area contributed by atoms with Crippen LogP contribution in [0.2, 0.25) is 0 Å². The summed E-state index contributed by atoms with van der Waals surface area (Å²) in [5.74, 6) is -1.38. The highest BCUT2D eigenvalue weighted by molar-refractivity contribution is 6.03. The van der Waals surface area contributed by atoms with Crippen LogP contribution in [0.1, 0.15) is 33.3 Å². The minimum Gasteiger partial charge on any atom is -0.480 e. The summed E-state index contributed by atoms with van der Waals surface area (Å²) in [4.78, 5) is 27.8. The summed E-state index contributed by atoms with van der Waals surface area (Å²) in [6, 6.07) is 3.45. The molecule has 3 rings (SSSR count). The average Bonchev–Trinajstić information content (AvgIpc) is 3.01. The molecule has 0 radical (unpaired) electrons. The van der Waals surface area contributed by atoms with E-state index in [0.717, 1.165) is 11.4 Å². The monoisotopic (exact) mass is 342 g/mol. The second kappa shape index (κ2) is 6.00. The topological polar surface area (TPSA) is 114 Å². The van der Waals surface area contributed by atoms with Crippen LogP contribution in [0, 0.1) is 27.7 Å². The predicted molar refractivity (Wildman–Crippen MR) is 89.8 cm³/mol. The molecule has 3 heterocycles. The molecule has 0 fully saturated rings. The van der Waals surface area contributed by atoms with Crippen molar-refractivity contribution < 1.29 is 14.7 Å². The van der Waals surface area contributed by atoms with E-state index in [4.69, 9.17) is 5.11 Å². The van der Waals surface area contributed by atoms with Crippen LogP contribution >= 0.6 is 0 Å². The van der Waals surface area contributed by atoms with E-state index in [0.29, 0.717) is 22.7 Å². The van der Waals surface area contributed by atoms with Crippen LogP contribution in [0.25, 0.3) is 5.65 Å². The summed E-state index contributed by atoms with van der Waals surface area (Å²) in [5, 5.41) is 20.2. The molecule has 130 valence electrons. The van der Waals surface area contributed by atoms with E-state index < -0.39 is 5.97 Å². The van der Waals surface area contributed by atoms with Gasteiger partial charge in [-0.3, -0.25) is 14.3 Å². The molecule has 0 aromatic carbocycles. The Kier molecular flexibility index (Phi) is 3.99. The molecular weight excluding hydrogens is 324 g/mol. The lowest BCUT2D eigenvalue weighted by Crippen LogP contribution is -2.16. The van der Waals surface area contributed by atoms with Crippen LogP contribution in [0.3, 0.4) is 0 Å². The number of carboxylic acids is 1. The van der Waals surface area contributed by atoms with Crippen molar-refractivity contribution >= 4 is 23.2 Å². The molecule has 3 aromatic rings. The molecule has 9 heteroatoms. The molecule has 3 aromatic heterocycles. The molecule has 0 bridgehead atoms. The van der Waals surface area contributed by atoms with Gasteiger partial charge in [0.1, 0.15) is 12.2 Å². The van der Waals surface area contributed by atoms with Gasteiger partial charge in [-0.1, -0.05) is 0 Å². The van der Waals surface area contributed by atoms with Gasteiger partial charge in [-0.2, -0.15) is 10.2 Å². The summed E-state index contributed by atoms with van der Waals surface area (Å²) >= 11 is 0. The number of carbonyl (C=O) groups excluding carboxylic acids is 1. The number of aliphatic carboxylic acids is 1. The van der Waals surface area contributed by atoms with E-state index in [2.05, 4.69) is 20.5 Å². The number of fused-ring (bicyclic) bond motifs is 1. The van der Waals surface area contributed by atoms with Crippen molar-refractivity contribution in [3.63, 3.8) is 0 Å². The van der Waals surface area contributed by atoms with Gasteiger partial charge in [0.25, 0.3) is 5.91 Å². The normalized spacial score (nSPS) is 11.0. The minimum absolute atomic E-state index is 0.259. The fourth-order valence-corrected chi connectivity index (χ4v) is 2.69. The van der Waals surface area contributed by atoms with Crippen LogP contribution < -0.4 is 5.32 Å². The van der Waals surface area contributed by atoms with E-state index in [1.165, 1.54) is 4.68 Å². The van der Waals surface area contributed by atoms with E-state index in [1.54, 1.807) is 30.5 Å². The first-order valence-electron chi connectivity index (χ1n) is 7.67. The van der Waals surface area contributed by atoms with Crippen molar-refractivity contribution in [3.05, 3.63) is 40.6 Å². The van der Waals surface area contributed by atoms with Crippen molar-refractivity contribution in [1.29, 1.82) is 0 Å². The van der Waals surface area contributed by atoms with Crippen molar-refractivity contribution in [2.75, 3.05) is 5.32 Å². The van der Waals surface area contributed by atoms with Gasteiger partial charge in [0.15, 0.2) is 5.65 Å². The molecule has 0 atom stereocenters. The first-order chi connectivity index (χ1) is 11.8. The number of nitrogens with one attached hydrogen (secondary N) is 1. The third kappa shape index (κ3) is 3.08. The summed E-state index contributed by atoms with van der Waals surface area (Å²) < 4.78 is 3.02. The fraction of sp³-hybridized carbons (Fsp3) is 0.312. The maximum absolute atomic E-state index is 12.6. The molecule has 0 spiro atoms. The lowest BCUT2D eigenvalue weighted by atomic mass is 10.2. The van der Waals surface area contributed by atoms with E-state index in [9.17, 15) is 9.59 Å². The third-order valence-corrected chi connectivity index (χ3v) is 3.87. The zero-order valence-corrected chi connectivity index (χ0v) is 14.4. The van der Waals surface area contributed by atoms with Gasteiger partial charge in [-0.15, -0.1) is 0 Å². The van der Waals surface area contributed by atoms with Crippen LogP contribution in [0.5, 0.6) is 0 Å². The number of amides is 1. The zero-order chi connectivity index (χ0) is 18.3. The highest BCUT2D eigenvalue weighted by Gasteiger charge is 2.18. The third-order valence-electron chi connectivity index (χ3n) is 3.87. The number of aromatic nitrogens is 5. The lowest BCUT2D eigenvalue weighted by Gasteiger charge is -2.07. The number of carbonyl (C=O) groups is 2. The van der Waals surface area contributed by atoms with Crippen molar-refractivity contribution in [2.45, 2.75) is 34.2 Å². The van der Waals surface area contributed by atoms with E-state index in [-0.39, 0.29) is 18.1 Å². The molecule has 0 saturated heterocycles. The number of nitrogens with zero attached hydrogens (tertiary/aromatic N) is 5. The smallest absolute Gasteiger partial charge is 0.325 e. The number of rotatable bonds is 4. The summed E-state index contributed by atoms with van der Waals surface area (Å²) in [7, 11) is 0. The number of aryl methyl sites for hydroxylation is 3. The van der Waals surface area contributed by atoms with E-state index >= 15 is 0 Å². The van der Waals surface area contributed by atoms with E-state index in [1.807, 2.05) is 13.8 Å². The van der Waals surface area contributed by atoms with Gasteiger partial charge in [0.2, 0.25) is 0 Å². The van der Waals surface area contributed by atoms with Crippen molar-refractivity contribution in [2.24, 2.45) is 0 Å². The van der Waals surface area contributed by atoms with Crippen LogP contribution in [-0.2, 0) is 11.3 Å². The largest absolute Gasteiger partial charge is 0.480 e. The first-order valence-corrected chi connectivity index (χ1v) is 7.67. The Hall–Kier alpha value is -3.23. The highest BCUT2D eigenvalue weighted by Crippen LogP contribution is 2.20. The molecule has 0 saturated carbocycles. The molecule has 9 nitrogen and oxygen atoms in total. The number of hydrogen-bond donors (Lipinski definition) is 2. The molecule has 1 amide bonds. The zero-order valence-electron chi connectivity index (χ0n) is 14.4. The Morgan fingerprint density at radius 1 is 1.16 bits per heavy atom. The molecule has 25 heavy (non-hydrogen) atoms. The summed E-state index contributed by atoms with van der Waals surface area (Å²) in [5.41, 5.74) is 4.08. The summed E-state index contributed by atoms with van der Waals surface area (Å²) in [6.07, 6.45) is 0. The standard InChI is InChI=1S/C16H18N6O3/c1-8-5-13-17-12(6-9(2)22(13)19-8)16(25)18-15-10(3)20-21(11(15)4)7-14(23)24/h5-6H,7H2,1-4H3,(H,18,25)(H,23,24). The number of carboxylic acid groups (broad SMARTS) is 1. The van der Waals surface area contributed by atoms with Gasteiger partial charge in [0.05, 0.1) is 22.8 Å². The van der Waals surface area contributed by atoms with Crippen LogP contribution in [0.15, 0.2) is 12.1 Å². The predicted octanol–water partition coefficient (Wildman–Crippen LogP) is 1.50. The van der Waals surface area contributed by atoms with Crippen molar-refractivity contribution in [1.82, 2.24) is 24.4 Å². The van der Waals surface area contributed by atoms with Gasteiger partial charge in [-0.25, -0.2) is 9.50 Å². The number of anilines is 1. The summed E-state index contributed by atoms with van der Waals surface area (Å²) in [6.45, 7) is 6.86. The fourth-order valence-electron chi connectivity index (χ4n) is 2.69. The Morgan fingerprint density at radius 3 is 2.56 bits per heavy atom. The minimum atomic E-state index is -0.998. The van der Waals surface area contributed by atoms with Crippen LogP contribution in [-0.4, -0.2) is 41.4 Å². The maximum atomic E-state index is 12.6. The maximum Gasteiger partial charge on any atom is 0.325 e. The van der Waals surface area contributed by atoms with Gasteiger partial charge in [-0.05, 0) is 33.8 Å². The Bertz CT molecular complexity index is 1000. The first kappa shape index (κ1) is 16.6. The lowest BCUT2D eigenvalue weighted by molar-refractivity contribution is -0.137. The van der Waals surface area contributed by atoms with Crippen LogP contribution in [0.4, 0.5) is 5.69 Å². The number of hydrogen-bond acceptors (Lipinski definition) is 5. The van der Waals surface area contributed by atoms with Gasteiger partial charge >= 0.3 is 5.97 Å². The van der Waals surface area contributed by atoms with Crippen molar-refractivity contribution in [3.8, 4) is 0 Å². The molecule has 0 aliphatic heterocycles. The van der Waals surface area contributed by atoms with Gasteiger partial charge in [0, 0.05) is 11.8 Å².